The summed E-state index contributed by atoms with van der Waals surface area (Å²) >= 11 is 6.07. The lowest BCUT2D eigenvalue weighted by Crippen LogP contribution is -2.12. The van der Waals surface area contributed by atoms with Crippen LogP contribution in [0.1, 0.15) is 17.2 Å². The average molecular weight is 219 g/mol. The minimum atomic E-state index is -0.215. The van der Waals surface area contributed by atoms with Crippen molar-refractivity contribution in [3.05, 3.63) is 64.9 Å². The third kappa shape index (κ3) is 2.17. The number of hydrogen-bond donors (Lipinski definition) is 1. The van der Waals surface area contributed by atoms with E-state index in [-0.39, 0.29) is 6.04 Å². The molecule has 2 aromatic rings. The van der Waals surface area contributed by atoms with Gasteiger partial charge in [0.2, 0.25) is 0 Å². The summed E-state index contributed by atoms with van der Waals surface area (Å²) in [7, 11) is 0. The van der Waals surface area contributed by atoms with Crippen molar-refractivity contribution in [3.63, 3.8) is 0 Å². The van der Waals surface area contributed by atoms with Gasteiger partial charge < -0.3 is 5.73 Å². The molecule has 0 fully saturated rings. The van der Waals surface area contributed by atoms with Crippen molar-refractivity contribution in [2.75, 3.05) is 0 Å². The largest absolute Gasteiger partial charge is 0.320 e. The number of nitrogens with zero attached hydrogens (tertiary/aromatic N) is 1. The predicted molar refractivity (Wildman–Crippen MR) is 61.7 cm³/mol. The molecule has 0 radical (unpaired) electrons. The third-order valence-electron chi connectivity index (χ3n) is 2.28. The van der Waals surface area contributed by atoms with Gasteiger partial charge in [-0.25, -0.2) is 0 Å². The molecule has 1 atom stereocenters. The fourth-order valence-electron chi connectivity index (χ4n) is 1.47. The van der Waals surface area contributed by atoms with Gasteiger partial charge >= 0.3 is 0 Å². The maximum Gasteiger partial charge on any atom is 0.0581 e. The first kappa shape index (κ1) is 10.1. The van der Waals surface area contributed by atoms with Gasteiger partial charge in [-0.15, -0.1) is 0 Å². The molecule has 1 heterocycles. The molecule has 15 heavy (non-hydrogen) atoms. The smallest absolute Gasteiger partial charge is 0.0581 e. The van der Waals surface area contributed by atoms with Gasteiger partial charge in [-0.1, -0.05) is 35.9 Å². The van der Waals surface area contributed by atoms with Crippen LogP contribution in [0, 0.1) is 0 Å². The molecule has 1 aromatic heterocycles. The molecule has 0 aliphatic heterocycles. The Balaban J connectivity index is 2.37. The lowest BCUT2D eigenvalue weighted by Gasteiger charge is -2.13. The van der Waals surface area contributed by atoms with Crippen molar-refractivity contribution in [2.24, 2.45) is 5.73 Å². The highest BCUT2D eigenvalue weighted by Crippen LogP contribution is 2.25. The van der Waals surface area contributed by atoms with Gasteiger partial charge in [0.05, 0.1) is 6.04 Å². The van der Waals surface area contributed by atoms with E-state index in [9.17, 15) is 0 Å². The van der Waals surface area contributed by atoms with Gasteiger partial charge in [-0.2, -0.15) is 0 Å². The van der Waals surface area contributed by atoms with Crippen molar-refractivity contribution in [1.29, 1.82) is 0 Å². The molecule has 2 nitrogen and oxygen atoms in total. The molecular weight excluding hydrogens is 208 g/mol. The highest BCUT2D eigenvalue weighted by atomic mass is 35.5. The van der Waals surface area contributed by atoms with Crippen molar-refractivity contribution in [3.8, 4) is 0 Å². The fourth-order valence-corrected chi connectivity index (χ4v) is 1.72. The molecular formula is C12H11ClN2. The van der Waals surface area contributed by atoms with Gasteiger partial charge in [0.25, 0.3) is 0 Å². The van der Waals surface area contributed by atoms with Crippen molar-refractivity contribution in [2.45, 2.75) is 6.04 Å². The number of rotatable bonds is 2. The van der Waals surface area contributed by atoms with Gasteiger partial charge in [-0.3, -0.25) is 4.98 Å². The summed E-state index contributed by atoms with van der Waals surface area (Å²) < 4.78 is 0. The minimum Gasteiger partial charge on any atom is -0.320 e. The second kappa shape index (κ2) is 4.43. The molecule has 0 spiro atoms. The number of halogens is 1. The van der Waals surface area contributed by atoms with Crippen molar-refractivity contribution >= 4 is 11.6 Å². The molecule has 0 saturated heterocycles. The standard InChI is InChI=1S/C12H11ClN2/c13-11-6-2-1-5-10(11)12(14)9-4-3-7-15-8-9/h1-8,12H,14H2. The monoisotopic (exact) mass is 218 g/mol. The lowest BCUT2D eigenvalue weighted by molar-refractivity contribution is 0.863. The number of pyridine rings is 1. The van der Waals surface area contributed by atoms with Crippen molar-refractivity contribution < 1.29 is 0 Å². The van der Waals surface area contributed by atoms with Gasteiger partial charge in [-0.05, 0) is 23.3 Å². The zero-order valence-electron chi connectivity index (χ0n) is 8.10. The summed E-state index contributed by atoms with van der Waals surface area (Å²) in [6.45, 7) is 0. The quantitative estimate of drug-likeness (QED) is 0.842. The molecule has 0 aliphatic rings. The van der Waals surface area contributed by atoms with Crippen LogP contribution in [0.5, 0.6) is 0 Å². The Bertz CT molecular complexity index is 442. The molecule has 2 rings (SSSR count). The SMILES string of the molecule is NC(c1cccnc1)c1ccccc1Cl. The van der Waals surface area contributed by atoms with Crippen LogP contribution in [-0.2, 0) is 0 Å². The van der Waals surface area contributed by atoms with Crippen LogP contribution in [0.2, 0.25) is 5.02 Å². The first-order valence-corrected chi connectivity index (χ1v) is 5.07. The second-order valence-corrected chi connectivity index (χ2v) is 3.69. The summed E-state index contributed by atoms with van der Waals surface area (Å²) in [5, 5.41) is 0.689. The second-order valence-electron chi connectivity index (χ2n) is 3.29. The number of nitrogens with two attached hydrogens (primary N) is 1. The van der Waals surface area contributed by atoms with Gasteiger partial charge in [0.15, 0.2) is 0 Å². The van der Waals surface area contributed by atoms with E-state index in [1.165, 1.54) is 0 Å². The minimum absolute atomic E-state index is 0.215. The molecule has 76 valence electrons. The van der Waals surface area contributed by atoms with Gasteiger partial charge in [0.1, 0.15) is 0 Å². The molecule has 0 saturated carbocycles. The van der Waals surface area contributed by atoms with E-state index in [0.29, 0.717) is 5.02 Å². The van der Waals surface area contributed by atoms with Crippen LogP contribution in [0.3, 0.4) is 0 Å². The summed E-state index contributed by atoms with van der Waals surface area (Å²) in [5.41, 5.74) is 7.98. The summed E-state index contributed by atoms with van der Waals surface area (Å²) in [6, 6.07) is 11.2. The lowest BCUT2D eigenvalue weighted by atomic mass is 10.0. The molecule has 0 bridgehead atoms. The number of hydrogen-bond acceptors (Lipinski definition) is 2. The predicted octanol–water partition coefficient (Wildman–Crippen LogP) is 2.78. The Labute approximate surface area is 93.7 Å². The Hall–Kier alpha value is -1.38. The first-order valence-electron chi connectivity index (χ1n) is 4.69. The topological polar surface area (TPSA) is 38.9 Å². The summed E-state index contributed by atoms with van der Waals surface area (Å²) in [4.78, 5) is 4.04. The van der Waals surface area contributed by atoms with E-state index in [1.54, 1.807) is 12.4 Å². The normalized spacial score (nSPS) is 12.4. The first-order chi connectivity index (χ1) is 7.29. The molecule has 1 unspecified atom stereocenters. The highest BCUT2D eigenvalue weighted by molar-refractivity contribution is 6.31. The van der Waals surface area contributed by atoms with E-state index in [1.807, 2.05) is 36.4 Å². The highest BCUT2D eigenvalue weighted by Gasteiger charge is 2.11. The van der Waals surface area contributed by atoms with Gasteiger partial charge in [0, 0.05) is 17.4 Å². The van der Waals surface area contributed by atoms with Crippen LogP contribution in [0.4, 0.5) is 0 Å². The number of aromatic nitrogens is 1. The molecule has 1 aromatic carbocycles. The Morgan fingerprint density at radius 1 is 1.13 bits per heavy atom. The Kier molecular flexibility index (Phi) is 2.99. The van der Waals surface area contributed by atoms with Crippen LogP contribution in [0.15, 0.2) is 48.8 Å². The van der Waals surface area contributed by atoms with E-state index < -0.39 is 0 Å². The maximum atomic E-state index is 6.09. The van der Waals surface area contributed by atoms with Crippen LogP contribution in [-0.4, -0.2) is 4.98 Å². The molecule has 2 N–H and O–H groups in total. The zero-order valence-corrected chi connectivity index (χ0v) is 8.85. The summed E-state index contributed by atoms with van der Waals surface area (Å²) in [5.74, 6) is 0. The fraction of sp³-hybridized carbons (Fsp3) is 0.0833. The maximum absolute atomic E-state index is 6.09. The zero-order chi connectivity index (χ0) is 10.7. The Morgan fingerprint density at radius 2 is 1.93 bits per heavy atom. The molecule has 0 amide bonds. The van der Waals surface area contributed by atoms with Crippen LogP contribution < -0.4 is 5.73 Å². The van der Waals surface area contributed by atoms with Crippen LogP contribution >= 0.6 is 11.6 Å². The molecule has 3 heteroatoms. The Morgan fingerprint density at radius 3 is 2.60 bits per heavy atom. The van der Waals surface area contributed by atoms with E-state index in [0.717, 1.165) is 11.1 Å². The van der Waals surface area contributed by atoms with Crippen molar-refractivity contribution in [1.82, 2.24) is 4.98 Å². The van der Waals surface area contributed by atoms with Crippen LogP contribution in [0.25, 0.3) is 0 Å². The molecule has 0 aliphatic carbocycles. The average Bonchev–Trinajstić information content (AvgIpc) is 2.30. The third-order valence-corrected chi connectivity index (χ3v) is 2.63. The van der Waals surface area contributed by atoms with E-state index >= 15 is 0 Å². The summed E-state index contributed by atoms with van der Waals surface area (Å²) in [6.07, 6.45) is 3.48. The van der Waals surface area contributed by atoms with E-state index in [4.69, 9.17) is 17.3 Å². The van der Waals surface area contributed by atoms with E-state index in [2.05, 4.69) is 4.98 Å². The number of benzene rings is 1.